The highest BCUT2D eigenvalue weighted by Crippen LogP contribution is 2.24. The Morgan fingerprint density at radius 3 is 2.18 bits per heavy atom. The molecule has 3 aromatic rings. The zero-order chi connectivity index (χ0) is 15.2. The number of hydrogen-bond acceptors (Lipinski definition) is 1. The Bertz CT molecular complexity index is 890. The molecule has 1 nitrogen and oxygen atoms in total. The van der Waals surface area contributed by atoms with Gasteiger partial charge in [-0.25, -0.2) is 0 Å². The number of nitriles is 1. The first-order valence-corrected chi connectivity index (χ1v) is 7.03. The summed E-state index contributed by atoms with van der Waals surface area (Å²) in [6, 6.07) is 27.7. The van der Waals surface area contributed by atoms with E-state index in [1.54, 1.807) is 0 Å². The van der Waals surface area contributed by atoms with Gasteiger partial charge in [0.1, 0.15) is 0 Å². The molecular weight excluding hydrogens is 266 g/mol. The van der Waals surface area contributed by atoms with E-state index in [-0.39, 0.29) is 0 Å². The number of hydrogen-bond donors (Lipinski definition) is 0. The summed E-state index contributed by atoms with van der Waals surface area (Å²) in [5, 5.41) is 9.05. The van der Waals surface area contributed by atoms with Crippen LogP contribution in [0.25, 0.3) is 11.1 Å². The van der Waals surface area contributed by atoms with Crippen LogP contribution >= 0.6 is 0 Å². The third-order valence-electron chi connectivity index (χ3n) is 3.35. The van der Waals surface area contributed by atoms with E-state index in [9.17, 15) is 0 Å². The highest BCUT2D eigenvalue weighted by molar-refractivity contribution is 5.72. The van der Waals surface area contributed by atoms with Crippen molar-refractivity contribution in [3.63, 3.8) is 0 Å². The van der Waals surface area contributed by atoms with Crippen LogP contribution in [-0.4, -0.2) is 0 Å². The Balaban J connectivity index is 2.04. The molecule has 1 heteroatoms. The van der Waals surface area contributed by atoms with Crippen LogP contribution in [0.1, 0.15) is 16.7 Å². The van der Waals surface area contributed by atoms with Crippen LogP contribution in [0.3, 0.4) is 0 Å². The average Bonchev–Trinajstić information content (AvgIpc) is 2.61. The number of nitrogens with zero attached hydrogens (tertiary/aromatic N) is 1. The maximum atomic E-state index is 9.05. The largest absolute Gasteiger partial charge is 0.192 e. The van der Waals surface area contributed by atoms with Gasteiger partial charge in [-0.05, 0) is 41.5 Å². The fourth-order valence-electron chi connectivity index (χ4n) is 2.26. The summed E-state index contributed by atoms with van der Waals surface area (Å²) in [5.41, 5.74) is 4.66. The summed E-state index contributed by atoms with van der Waals surface area (Å²) in [5.74, 6) is 6.42. The lowest BCUT2D eigenvalue weighted by Gasteiger charge is -2.05. The van der Waals surface area contributed by atoms with Crippen LogP contribution < -0.4 is 0 Å². The first-order chi connectivity index (χ1) is 10.9. The molecule has 0 aromatic heterocycles. The van der Waals surface area contributed by atoms with E-state index in [0.29, 0.717) is 5.56 Å². The van der Waals surface area contributed by atoms with Crippen LogP contribution in [0.5, 0.6) is 0 Å². The van der Waals surface area contributed by atoms with Crippen molar-refractivity contribution < 1.29 is 0 Å². The molecule has 0 saturated carbocycles. The molecule has 3 rings (SSSR count). The van der Waals surface area contributed by atoms with E-state index in [4.69, 9.17) is 5.26 Å². The van der Waals surface area contributed by atoms with Crippen molar-refractivity contribution in [2.24, 2.45) is 0 Å². The van der Waals surface area contributed by atoms with Gasteiger partial charge >= 0.3 is 0 Å². The molecule has 0 unspecified atom stereocenters. The van der Waals surface area contributed by atoms with Crippen molar-refractivity contribution in [1.29, 1.82) is 5.26 Å². The van der Waals surface area contributed by atoms with E-state index in [1.807, 2.05) is 78.9 Å². The molecule has 3 aromatic carbocycles. The smallest absolute Gasteiger partial charge is 0.0991 e. The second-order valence-corrected chi connectivity index (χ2v) is 4.85. The van der Waals surface area contributed by atoms with Gasteiger partial charge in [-0.3, -0.25) is 0 Å². The summed E-state index contributed by atoms with van der Waals surface area (Å²) < 4.78 is 0. The molecule has 0 fully saturated rings. The lowest BCUT2D eigenvalue weighted by atomic mass is 9.98. The van der Waals surface area contributed by atoms with Gasteiger partial charge in [0.05, 0.1) is 11.6 Å². The van der Waals surface area contributed by atoms with Gasteiger partial charge in [0.25, 0.3) is 0 Å². The molecule has 0 heterocycles. The van der Waals surface area contributed by atoms with Gasteiger partial charge < -0.3 is 0 Å². The SMILES string of the molecule is N#Cc1cccc(-c2ccccc2C#Cc2ccccc2)c1. The van der Waals surface area contributed by atoms with Crippen LogP contribution in [0, 0.1) is 23.2 Å². The van der Waals surface area contributed by atoms with Gasteiger partial charge in [0, 0.05) is 11.1 Å². The highest BCUT2D eigenvalue weighted by atomic mass is 14.2. The van der Waals surface area contributed by atoms with Crippen molar-refractivity contribution in [3.8, 4) is 29.0 Å². The zero-order valence-corrected chi connectivity index (χ0v) is 12.0. The predicted molar refractivity (Wildman–Crippen MR) is 89.0 cm³/mol. The molecule has 0 aliphatic carbocycles. The Kier molecular flexibility index (Phi) is 4.01. The molecule has 0 spiro atoms. The minimum Gasteiger partial charge on any atom is -0.192 e. The fraction of sp³-hybridized carbons (Fsp3) is 0. The molecule has 0 bridgehead atoms. The van der Waals surface area contributed by atoms with Gasteiger partial charge in [0.15, 0.2) is 0 Å². The third-order valence-corrected chi connectivity index (χ3v) is 3.35. The topological polar surface area (TPSA) is 23.8 Å². The van der Waals surface area contributed by atoms with Crippen molar-refractivity contribution in [1.82, 2.24) is 0 Å². The van der Waals surface area contributed by atoms with Gasteiger partial charge in [-0.15, -0.1) is 0 Å². The maximum absolute atomic E-state index is 9.05. The van der Waals surface area contributed by atoms with Crippen molar-refractivity contribution in [3.05, 3.63) is 95.6 Å². The van der Waals surface area contributed by atoms with Crippen LogP contribution in [0.15, 0.2) is 78.9 Å². The van der Waals surface area contributed by atoms with E-state index in [0.717, 1.165) is 22.3 Å². The number of benzene rings is 3. The normalized spacial score (nSPS) is 9.41. The predicted octanol–water partition coefficient (Wildman–Crippen LogP) is 4.63. The van der Waals surface area contributed by atoms with Gasteiger partial charge in [0.2, 0.25) is 0 Å². The molecule has 22 heavy (non-hydrogen) atoms. The lowest BCUT2D eigenvalue weighted by Crippen LogP contribution is -1.85. The highest BCUT2D eigenvalue weighted by Gasteiger charge is 2.03. The van der Waals surface area contributed by atoms with E-state index in [1.165, 1.54) is 0 Å². The molecule has 0 aliphatic rings. The summed E-state index contributed by atoms with van der Waals surface area (Å²) in [4.78, 5) is 0. The quantitative estimate of drug-likeness (QED) is 0.596. The lowest BCUT2D eigenvalue weighted by molar-refractivity contribution is 1.48. The Hall–Kier alpha value is -3.29. The van der Waals surface area contributed by atoms with Crippen molar-refractivity contribution in [2.75, 3.05) is 0 Å². The summed E-state index contributed by atoms with van der Waals surface area (Å²) in [6.07, 6.45) is 0. The number of rotatable bonds is 1. The first-order valence-electron chi connectivity index (χ1n) is 7.03. The molecule has 102 valence electrons. The minimum atomic E-state index is 0.656. The van der Waals surface area contributed by atoms with E-state index in [2.05, 4.69) is 17.9 Å². The molecule has 0 N–H and O–H groups in total. The summed E-state index contributed by atoms with van der Waals surface area (Å²) in [7, 11) is 0. The van der Waals surface area contributed by atoms with Crippen LogP contribution in [0.2, 0.25) is 0 Å². The molecular formula is C21H13N. The summed E-state index contributed by atoms with van der Waals surface area (Å²) >= 11 is 0. The van der Waals surface area contributed by atoms with E-state index >= 15 is 0 Å². The second-order valence-electron chi connectivity index (χ2n) is 4.85. The second kappa shape index (κ2) is 6.44. The molecule has 0 amide bonds. The molecule has 0 atom stereocenters. The Labute approximate surface area is 130 Å². The molecule has 0 radical (unpaired) electrons. The van der Waals surface area contributed by atoms with Crippen molar-refractivity contribution in [2.45, 2.75) is 0 Å². The Morgan fingerprint density at radius 1 is 0.636 bits per heavy atom. The van der Waals surface area contributed by atoms with E-state index < -0.39 is 0 Å². The van der Waals surface area contributed by atoms with Gasteiger partial charge in [-0.1, -0.05) is 60.4 Å². The maximum Gasteiger partial charge on any atom is 0.0991 e. The van der Waals surface area contributed by atoms with Crippen molar-refractivity contribution >= 4 is 0 Å². The van der Waals surface area contributed by atoms with Crippen LogP contribution in [-0.2, 0) is 0 Å². The zero-order valence-electron chi connectivity index (χ0n) is 12.0. The summed E-state index contributed by atoms with van der Waals surface area (Å²) in [6.45, 7) is 0. The average molecular weight is 279 g/mol. The molecule has 0 aliphatic heterocycles. The monoisotopic (exact) mass is 279 g/mol. The minimum absolute atomic E-state index is 0.656. The van der Waals surface area contributed by atoms with Crippen LogP contribution in [0.4, 0.5) is 0 Å². The van der Waals surface area contributed by atoms with Gasteiger partial charge in [-0.2, -0.15) is 5.26 Å². The first kappa shape index (κ1) is 13.7. The third kappa shape index (κ3) is 3.06. The Morgan fingerprint density at radius 2 is 1.36 bits per heavy atom. The standard InChI is InChI=1S/C21H13N/c22-16-18-9-6-11-20(15-18)21-12-5-4-10-19(21)14-13-17-7-2-1-3-8-17/h1-12,15H. The fourth-order valence-corrected chi connectivity index (χ4v) is 2.26. The molecule has 0 saturated heterocycles.